The Kier molecular flexibility index (Phi) is 7.16. The van der Waals surface area contributed by atoms with Crippen molar-refractivity contribution in [3.05, 3.63) is 48.0 Å². The number of nitrogens with one attached hydrogen (secondary N) is 1. The first-order valence-corrected chi connectivity index (χ1v) is 9.05. The number of likely N-dealkylation sites (N-methyl/N-ethyl adjacent to an activating group) is 1. The van der Waals surface area contributed by atoms with Gasteiger partial charge in [-0.2, -0.15) is 0 Å². The average molecular weight is 356 g/mol. The molecule has 2 amide bonds. The largest absolute Gasteiger partial charge is 0.396 e. The van der Waals surface area contributed by atoms with Crippen molar-refractivity contribution < 1.29 is 14.7 Å². The van der Waals surface area contributed by atoms with Crippen LogP contribution in [0.15, 0.2) is 42.5 Å². The lowest BCUT2D eigenvalue weighted by atomic mass is 10.0. The number of rotatable bonds is 8. The second-order valence-electron chi connectivity index (χ2n) is 6.98. The normalized spacial score (nSPS) is 12.2. The fraction of sp³-hybridized carbons (Fsp3) is 0.429. The number of carbonyl (C=O) groups is 2. The molecule has 26 heavy (non-hydrogen) atoms. The molecule has 0 aliphatic rings. The lowest BCUT2D eigenvalue weighted by Gasteiger charge is -2.27. The van der Waals surface area contributed by atoms with E-state index in [0.29, 0.717) is 13.0 Å². The Balaban J connectivity index is 2.03. The molecule has 1 atom stereocenters. The van der Waals surface area contributed by atoms with Crippen LogP contribution < -0.4 is 5.32 Å². The van der Waals surface area contributed by atoms with Crippen LogP contribution in [-0.4, -0.2) is 48.1 Å². The number of hydrogen-bond acceptors (Lipinski definition) is 3. The highest BCUT2D eigenvalue weighted by atomic mass is 16.3. The molecule has 2 rings (SSSR count). The van der Waals surface area contributed by atoms with Gasteiger partial charge < -0.3 is 15.3 Å². The number of benzene rings is 2. The molecule has 2 aromatic carbocycles. The Morgan fingerprint density at radius 2 is 1.81 bits per heavy atom. The third-order valence-electron chi connectivity index (χ3n) is 4.46. The van der Waals surface area contributed by atoms with Gasteiger partial charge in [0, 0.05) is 20.2 Å². The zero-order valence-electron chi connectivity index (χ0n) is 15.7. The molecular weight excluding hydrogens is 328 g/mol. The number of carbonyl (C=O) groups excluding carboxylic acids is 2. The van der Waals surface area contributed by atoms with E-state index in [1.165, 1.54) is 0 Å². The minimum Gasteiger partial charge on any atom is -0.396 e. The van der Waals surface area contributed by atoms with Crippen molar-refractivity contribution in [3.8, 4) is 0 Å². The van der Waals surface area contributed by atoms with Gasteiger partial charge in [-0.3, -0.25) is 9.59 Å². The van der Waals surface area contributed by atoms with Crippen molar-refractivity contribution in [1.82, 2.24) is 10.2 Å². The maximum absolute atomic E-state index is 12.6. The van der Waals surface area contributed by atoms with Gasteiger partial charge in [0.05, 0.1) is 6.42 Å². The van der Waals surface area contributed by atoms with E-state index in [0.717, 1.165) is 16.3 Å². The van der Waals surface area contributed by atoms with E-state index in [4.69, 9.17) is 5.11 Å². The molecule has 0 radical (unpaired) electrons. The van der Waals surface area contributed by atoms with E-state index in [1.54, 1.807) is 11.9 Å². The molecule has 0 aromatic heterocycles. The Bertz CT molecular complexity index is 758. The first-order chi connectivity index (χ1) is 12.4. The van der Waals surface area contributed by atoms with Crippen LogP contribution in [0.2, 0.25) is 0 Å². The smallest absolute Gasteiger partial charge is 0.245 e. The van der Waals surface area contributed by atoms with Gasteiger partial charge in [0.15, 0.2) is 0 Å². The van der Waals surface area contributed by atoms with Gasteiger partial charge in [0.2, 0.25) is 11.8 Å². The molecule has 140 valence electrons. The van der Waals surface area contributed by atoms with Crippen molar-refractivity contribution in [2.24, 2.45) is 5.92 Å². The quantitative estimate of drug-likeness (QED) is 0.763. The number of aliphatic hydroxyl groups excluding tert-OH is 1. The molecule has 5 nitrogen and oxygen atoms in total. The molecule has 0 aliphatic heterocycles. The molecule has 2 N–H and O–H groups in total. The molecule has 2 aromatic rings. The molecule has 1 unspecified atom stereocenters. The summed E-state index contributed by atoms with van der Waals surface area (Å²) in [5, 5.41) is 14.0. The van der Waals surface area contributed by atoms with Crippen LogP contribution in [0.4, 0.5) is 0 Å². The minimum atomic E-state index is -0.563. The summed E-state index contributed by atoms with van der Waals surface area (Å²) in [6.45, 7) is 4.34. The summed E-state index contributed by atoms with van der Waals surface area (Å²) in [4.78, 5) is 26.6. The second kappa shape index (κ2) is 9.34. The van der Waals surface area contributed by atoms with E-state index < -0.39 is 6.04 Å². The lowest BCUT2D eigenvalue weighted by Crippen LogP contribution is -2.50. The molecule has 0 fully saturated rings. The summed E-state index contributed by atoms with van der Waals surface area (Å²) < 4.78 is 0. The predicted octanol–water partition coefficient (Wildman–Crippen LogP) is 2.36. The number of nitrogens with zero attached hydrogens (tertiary/aromatic N) is 1. The molecule has 0 aliphatic carbocycles. The first-order valence-electron chi connectivity index (χ1n) is 9.05. The van der Waals surface area contributed by atoms with E-state index in [1.807, 2.05) is 56.3 Å². The summed E-state index contributed by atoms with van der Waals surface area (Å²) in [7, 11) is 1.70. The van der Waals surface area contributed by atoms with Gasteiger partial charge in [-0.05, 0) is 28.7 Å². The van der Waals surface area contributed by atoms with Crippen LogP contribution in [0.3, 0.4) is 0 Å². The van der Waals surface area contributed by atoms with Crippen LogP contribution >= 0.6 is 0 Å². The van der Waals surface area contributed by atoms with Gasteiger partial charge in [0.25, 0.3) is 0 Å². The molecule has 0 bridgehead atoms. The first kappa shape index (κ1) is 19.9. The van der Waals surface area contributed by atoms with Gasteiger partial charge in [0.1, 0.15) is 6.04 Å². The van der Waals surface area contributed by atoms with Gasteiger partial charge >= 0.3 is 0 Å². The van der Waals surface area contributed by atoms with Crippen molar-refractivity contribution in [2.75, 3.05) is 20.2 Å². The van der Waals surface area contributed by atoms with Crippen LogP contribution in [0.1, 0.15) is 25.8 Å². The van der Waals surface area contributed by atoms with E-state index in [2.05, 4.69) is 5.32 Å². The standard InChI is InChI=1S/C21H28N2O3/c1-15(2)20(21(26)23(3)11-6-12-24)22-19(25)14-16-9-10-17-7-4-5-8-18(17)13-16/h4-5,7-10,13,15,20,24H,6,11-12,14H2,1-3H3,(H,22,25). The zero-order chi connectivity index (χ0) is 19.1. The molecule has 0 saturated heterocycles. The molecule has 5 heteroatoms. The number of aliphatic hydroxyl groups is 1. The number of fused-ring (bicyclic) bond motifs is 1. The third-order valence-corrected chi connectivity index (χ3v) is 4.46. The summed E-state index contributed by atoms with van der Waals surface area (Å²) in [6, 6.07) is 13.4. The fourth-order valence-corrected chi connectivity index (χ4v) is 2.93. The monoisotopic (exact) mass is 356 g/mol. The predicted molar refractivity (Wildman–Crippen MR) is 104 cm³/mol. The highest BCUT2D eigenvalue weighted by Crippen LogP contribution is 2.16. The molecule has 0 heterocycles. The summed E-state index contributed by atoms with van der Waals surface area (Å²) in [5.74, 6) is -0.303. The SMILES string of the molecule is CC(C)C(NC(=O)Cc1ccc2ccccc2c1)C(=O)N(C)CCCO. The fourth-order valence-electron chi connectivity index (χ4n) is 2.93. The van der Waals surface area contributed by atoms with Gasteiger partial charge in [-0.25, -0.2) is 0 Å². The van der Waals surface area contributed by atoms with E-state index in [9.17, 15) is 9.59 Å². The van der Waals surface area contributed by atoms with Crippen LogP contribution in [-0.2, 0) is 16.0 Å². The number of hydrogen-bond donors (Lipinski definition) is 2. The molecular formula is C21H28N2O3. The highest BCUT2D eigenvalue weighted by molar-refractivity contribution is 5.89. The maximum atomic E-state index is 12.6. The maximum Gasteiger partial charge on any atom is 0.245 e. The van der Waals surface area contributed by atoms with Gasteiger partial charge in [-0.15, -0.1) is 0 Å². The van der Waals surface area contributed by atoms with Crippen LogP contribution in [0, 0.1) is 5.92 Å². The lowest BCUT2D eigenvalue weighted by molar-refractivity contribution is -0.136. The summed E-state index contributed by atoms with van der Waals surface area (Å²) in [5.41, 5.74) is 0.921. The minimum absolute atomic E-state index is 0.0142. The topological polar surface area (TPSA) is 69.6 Å². The van der Waals surface area contributed by atoms with Crippen molar-refractivity contribution in [3.63, 3.8) is 0 Å². The Labute approximate surface area is 155 Å². The zero-order valence-corrected chi connectivity index (χ0v) is 15.7. The second-order valence-corrected chi connectivity index (χ2v) is 6.98. The average Bonchev–Trinajstić information content (AvgIpc) is 2.63. The Hall–Kier alpha value is -2.40. The van der Waals surface area contributed by atoms with Crippen molar-refractivity contribution >= 4 is 22.6 Å². The van der Waals surface area contributed by atoms with E-state index in [-0.39, 0.29) is 30.8 Å². The van der Waals surface area contributed by atoms with Crippen molar-refractivity contribution in [2.45, 2.75) is 32.7 Å². The summed E-state index contributed by atoms with van der Waals surface area (Å²) in [6.07, 6.45) is 0.764. The number of amides is 2. The Morgan fingerprint density at radius 1 is 1.12 bits per heavy atom. The molecule has 0 spiro atoms. The molecule has 0 saturated carbocycles. The van der Waals surface area contributed by atoms with Crippen LogP contribution in [0.25, 0.3) is 10.8 Å². The summed E-state index contributed by atoms with van der Waals surface area (Å²) >= 11 is 0. The Morgan fingerprint density at radius 3 is 2.46 bits per heavy atom. The highest BCUT2D eigenvalue weighted by Gasteiger charge is 2.26. The third kappa shape index (κ3) is 5.30. The van der Waals surface area contributed by atoms with Gasteiger partial charge in [-0.1, -0.05) is 56.3 Å². The van der Waals surface area contributed by atoms with E-state index >= 15 is 0 Å². The van der Waals surface area contributed by atoms with Crippen molar-refractivity contribution in [1.29, 1.82) is 0 Å². The van der Waals surface area contributed by atoms with Crippen LogP contribution in [0.5, 0.6) is 0 Å².